The minimum atomic E-state index is 0.351. The first-order chi connectivity index (χ1) is 16.3. The van der Waals surface area contributed by atoms with Crippen molar-refractivity contribution in [1.29, 1.82) is 0 Å². The lowest BCUT2D eigenvalue weighted by molar-refractivity contribution is 0.304. The molecule has 0 aliphatic rings. The van der Waals surface area contributed by atoms with Crippen LogP contribution in [0.2, 0.25) is 0 Å². The molecule has 0 aliphatic heterocycles. The number of nitrogens with zero attached hydrogens (tertiary/aromatic N) is 6. The number of fused-ring (bicyclic) bond motifs is 1. The average Bonchev–Trinajstić information content (AvgIpc) is 3.32. The fourth-order valence-corrected chi connectivity index (χ4v) is 3.69. The summed E-state index contributed by atoms with van der Waals surface area (Å²) in [5.74, 6) is 2.17. The van der Waals surface area contributed by atoms with Gasteiger partial charge in [-0.05, 0) is 36.2 Å². The van der Waals surface area contributed by atoms with Gasteiger partial charge in [-0.2, -0.15) is 0 Å². The summed E-state index contributed by atoms with van der Waals surface area (Å²) in [7, 11) is 0. The summed E-state index contributed by atoms with van der Waals surface area (Å²) in [5, 5.41) is 12.7. The fraction of sp³-hybridized carbons (Fsp3) is 0.130. The molecule has 2 aromatic carbocycles. The molecule has 5 rings (SSSR count). The van der Waals surface area contributed by atoms with Crippen molar-refractivity contribution >= 4 is 28.3 Å². The number of para-hydroxylation sites is 1. The number of hydrogen-bond donors (Lipinski definition) is 1. The summed E-state index contributed by atoms with van der Waals surface area (Å²) in [6.45, 7) is 1.05. The molecule has 0 saturated heterocycles. The highest BCUT2D eigenvalue weighted by Crippen LogP contribution is 2.26. The van der Waals surface area contributed by atoms with E-state index in [-0.39, 0.29) is 0 Å². The number of hydrogen-bond acceptors (Lipinski definition) is 10. The molecular formula is C23H19N7O2S. The number of ether oxygens (including phenoxy) is 2. The molecule has 0 fully saturated rings. The van der Waals surface area contributed by atoms with E-state index in [0.717, 1.165) is 22.7 Å². The van der Waals surface area contributed by atoms with Crippen molar-refractivity contribution < 1.29 is 9.47 Å². The fourth-order valence-electron chi connectivity index (χ4n) is 3.07. The van der Waals surface area contributed by atoms with Crippen LogP contribution >= 0.6 is 11.3 Å². The van der Waals surface area contributed by atoms with E-state index >= 15 is 0 Å². The Morgan fingerprint density at radius 2 is 1.67 bits per heavy atom. The Labute approximate surface area is 193 Å². The second-order valence-corrected chi connectivity index (χ2v) is 7.96. The summed E-state index contributed by atoms with van der Waals surface area (Å²) in [4.78, 5) is 16.9. The van der Waals surface area contributed by atoms with Gasteiger partial charge in [0.05, 0.1) is 0 Å². The van der Waals surface area contributed by atoms with Gasteiger partial charge < -0.3 is 14.8 Å². The van der Waals surface area contributed by atoms with Crippen molar-refractivity contribution in [1.82, 2.24) is 30.1 Å². The number of anilines is 1. The Morgan fingerprint density at radius 1 is 0.818 bits per heavy atom. The Morgan fingerprint density at radius 3 is 2.55 bits per heavy atom. The van der Waals surface area contributed by atoms with Crippen molar-refractivity contribution in [3.8, 4) is 16.7 Å². The molecule has 3 aromatic heterocycles. The maximum atomic E-state index is 5.83. The zero-order valence-electron chi connectivity index (χ0n) is 17.5. The van der Waals surface area contributed by atoms with Crippen molar-refractivity contribution in [2.75, 3.05) is 11.9 Å². The molecule has 33 heavy (non-hydrogen) atoms. The minimum absolute atomic E-state index is 0.351. The van der Waals surface area contributed by atoms with E-state index in [1.807, 2.05) is 54.6 Å². The van der Waals surface area contributed by atoms with E-state index < -0.39 is 0 Å². The summed E-state index contributed by atoms with van der Waals surface area (Å²) < 4.78 is 11.5. The SMILES string of the molecule is c1ccc(OCc2nnc(Oc3ccc(CCNc4ncnc5nccnc45)cc3)s2)cc1. The smallest absolute Gasteiger partial charge is 0.299 e. The van der Waals surface area contributed by atoms with Crippen molar-refractivity contribution in [3.63, 3.8) is 0 Å². The van der Waals surface area contributed by atoms with Gasteiger partial charge in [-0.1, -0.05) is 46.8 Å². The van der Waals surface area contributed by atoms with Crippen molar-refractivity contribution in [2.24, 2.45) is 0 Å². The Balaban J connectivity index is 1.12. The quantitative estimate of drug-likeness (QED) is 0.346. The first kappa shape index (κ1) is 20.7. The van der Waals surface area contributed by atoms with E-state index in [2.05, 4.69) is 35.5 Å². The predicted octanol–water partition coefficient (Wildman–Crippen LogP) is 4.30. The van der Waals surface area contributed by atoms with Gasteiger partial charge in [0.1, 0.15) is 29.9 Å². The van der Waals surface area contributed by atoms with E-state index in [1.165, 1.54) is 17.7 Å². The molecular weight excluding hydrogens is 438 g/mol. The number of aromatic nitrogens is 6. The van der Waals surface area contributed by atoms with Crippen molar-refractivity contribution in [2.45, 2.75) is 13.0 Å². The van der Waals surface area contributed by atoms with Gasteiger partial charge in [0.2, 0.25) is 0 Å². The number of rotatable bonds is 9. The maximum Gasteiger partial charge on any atom is 0.299 e. The molecule has 0 atom stereocenters. The normalized spacial score (nSPS) is 10.8. The van der Waals surface area contributed by atoms with Gasteiger partial charge in [0, 0.05) is 18.9 Å². The van der Waals surface area contributed by atoms with Gasteiger partial charge in [0.15, 0.2) is 16.5 Å². The molecule has 0 amide bonds. The van der Waals surface area contributed by atoms with Crippen LogP contribution in [-0.2, 0) is 13.0 Å². The van der Waals surface area contributed by atoms with E-state index in [0.29, 0.717) is 41.1 Å². The molecule has 10 heteroatoms. The third-order valence-electron chi connectivity index (χ3n) is 4.66. The maximum absolute atomic E-state index is 5.83. The first-order valence-electron chi connectivity index (χ1n) is 10.3. The molecule has 3 heterocycles. The van der Waals surface area contributed by atoms with Crippen molar-refractivity contribution in [3.05, 3.63) is 83.9 Å². The molecule has 0 unspecified atom stereocenters. The topological polar surface area (TPSA) is 108 Å². The number of nitrogens with one attached hydrogen (secondary N) is 1. The zero-order valence-corrected chi connectivity index (χ0v) is 18.3. The largest absolute Gasteiger partial charge is 0.486 e. The van der Waals surface area contributed by atoms with Crippen LogP contribution in [-0.4, -0.2) is 36.7 Å². The highest BCUT2D eigenvalue weighted by molar-refractivity contribution is 7.13. The summed E-state index contributed by atoms with van der Waals surface area (Å²) >= 11 is 1.36. The van der Waals surface area contributed by atoms with E-state index in [4.69, 9.17) is 9.47 Å². The lowest BCUT2D eigenvalue weighted by Gasteiger charge is -2.07. The lowest BCUT2D eigenvalue weighted by Crippen LogP contribution is -2.07. The Kier molecular flexibility index (Phi) is 6.25. The van der Waals surface area contributed by atoms with Gasteiger partial charge in [0.25, 0.3) is 5.19 Å². The van der Waals surface area contributed by atoms with Gasteiger partial charge >= 0.3 is 0 Å². The van der Waals surface area contributed by atoms with Crippen LogP contribution in [0.1, 0.15) is 10.6 Å². The highest BCUT2D eigenvalue weighted by Gasteiger charge is 2.08. The average molecular weight is 458 g/mol. The Bertz CT molecular complexity index is 1320. The molecule has 0 saturated carbocycles. The molecule has 0 bridgehead atoms. The van der Waals surface area contributed by atoms with Crippen LogP contribution in [0.25, 0.3) is 11.2 Å². The highest BCUT2D eigenvalue weighted by atomic mass is 32.1. The van der Waals surface area contributed by atoms with Gasteiger partial charge in [-0.25, -0.2) is 19.9 Å². The molecule has 9 nitrogen and oxygen atoms in total. The predicted molar refractivity (Wildman–Crippen MR) is 125 cm³/mol. The second-order valence-electron chi connectivity index (χ2n) is 6.94. The summed E-state index contributed by atoms with van der Waals surface area (Å²) in [6, 6.07) is 17.5. The van der Waals surface area contributed by atoms with Crippen LogP contribution in [0.3, 0.4) is 0 Å². The monoisotopic (exact) mass is 457 g/mol. The van der Waals surface area contributed by atoms with E-state index in [9.17, 15) is 0 Å². The summed E-state index contributed by atoms with van der Waals surface area (Å²) in [6.07, 6.45) is 5.54. The van der Waals surface area contributed by atoms with Gasteiger partial charge in [-0.3, -0.25) is 0 Å². The van der Waals surface area contributed by atoms with Crippen LogP contribution in [0, 0.1) is 0 Å². The lowest BCUT2D eigenvalue weighted by atomic mass is 10.1. The Hall–Kier alpha value is -4.18. The van der Waals surface area contributed by atoms with Crippen LogP contribution < -0.4 is 14.8 Å². The zero-order chi connectivity index (χ0) is 22.3. The standard InChI is InChI=1S/C23H19N7O2S/c1-2-4-17(5-3-1)31-14-19-29-30-23(33-19)32-18-8-6-16(7-9-18)10-11-25-21-20-22(28-15-27-21)26-13-12-24-20/h1-9,12-13,15H,10-11,14H2,(H,25,26,27,28). The van der Waals surface area contributed by atoms with Crippen LogP contribution in [0.4, 0.5) is 5.82 Å². The van der Waals surface area contributed by atoms with Gasteiger partial charge in [-0.15, -0.1) is 5.10 Å². The second kappa shape index (κ2) is 9.96. The molecule has 5 aromatic rings. The van der Waals surface area contributed by atoms with Crippen LogP contribution in [0.15, 0.2) is 73.3 Å². The molecule has 0 radical (unpaired) electrons. The third-order valence-corrected chi connectivity index (χ3v) is 5.43. The first-order valence-corrected chi connectivity index (χ1v) is 11.1. The van der Waals surface area contributed by atoms with E-state index in [1.54, 1.807) is 12.4 Å². The summed E-state index contributed by atoms with van der Waals surface area (Å²) in [5.41, 5.74) is 2.39. The third kappa shape index (κ3) is 5.36. The molecule has 164 valence electrons. The molecule has 0 spiro atoms. The van der Waals surface area contributed by atoms with Crippen LogP contribution in [0.5, 0.6) is 16.7 Å². The molecule has 0 aliphatic carbocycles. The number of benzene rings is 2. The molecule has 1 N–H and O–H groups in total. The minimum Gasteiger partial charge on any atom is -0.486 e.